The van der Waals surface area contributed by atoms with Gasteiger partial charge in [-0.25, -0.2) is 12.8 Å². The number of halogens is 2. The summed E-state index contributed by atoms with van der Waals surface area (Å²) in [5, 5.41) is 0. The third-order valence-corrected chi connectivity index (χ3v) is 2.46. The highest BCUT2D eigenvalue weighted by atomic mass is 35.7. The van der Waals surface area contributed by atoms with E-state index in [-0.39, 0.29) is 4.90 Å². The maximum absolute atomic E-state index is 12.2. The van der Waals surface area contributed by atoms with Crippen LogP contribution in [0.2, 0.25) is 0 Å². The van der Waals surface area contributed by atoms with Crippen LogP contribution in [0.5, 0.6) is 0 Å². The molecule has 13 heavy (non-hydrogen) atoms. The van der Waals surface area contributed by atoms with E-state index in [4.69, 9.17) is 10.7 Å². The van der Waals surface area contributed by atoms with Crippen LogP contribution in [0, 0.1) is 5.82 Å². The van der Waals surface area contributed by atoms with Gasteiger partial charge in [-0.15, -0.1) is 0 Å². The Morgan fingerprint density at radius 3 is 1.85 bits per heavy atom. The molecule has 74 valence electrons. The van der Waals surface area contributed by atoms with Crippen molar-refractivity contribution in [2.45, 2.75) is 18.7 Å². The molecule has 0 aliphatic heterocycles. The summed E-state index contributed by atoms with van der Waals surface area (Å²) in [4.78, 5) is -0.0967. The molecule has 0 unspecified atom stereocenters. The highest BCUT2D eigenvalue weighted by molar-refractivity contribution is 8.13. The average molecular weight is 225 g/mol. The van der Waals surface area contributed by atoms with Crippen molar-refractivity contribution in [2.24, 2.45) is 0 Å². The molecular formula is C8H10ClFO2S. The molecule has 2 nitrogen and oxygen atoms in total. The Kier molecular flexibility index (Phi) is 4.95. The van der Waals surface area contributed by atoms with Crippen LogP contribution in [0.4, 0.5) is 4.39 Å². The van der Waals surface area contributed by atoms with Gasteiger partial charge in [-0.05, 0) is 24.3 Å². The van der Waals surface area contributed by atoms with Crippen molar-refractivity contribution in [3.63, 3.8) is 0 Å². The summed E-state index contributed by atoms with van der Waals surface area (Å²) in [5.74, 6) is -0.492. The molecule has 0 aliphatic rings. The van der Waals surface area contributed by atoms with Gasteiger partial charge in [0.25, 0.3) is 9.05 Å². The van der Waals surface area contributed by atoms with Crippen molar-refractivity contribution >= 4 is 19.7 Å². The highest BCUT2D eigenvalue weighted by Crippen LogP contribution is 2.14. The van der Waals surface area contributed by atoms with Crippen molar-refractivity contribution in [1.82, 2.24) is 0 Å². The van der Waals surface area contributed by atoms with E-state index in [1.165, 1.54) is 0 Å². The number of hydrogen-bond donors (Lipinski definition) is 0. The van der Waals surface area contributed by atoms with Crippen molar-refractivity contribution in [3.8, 4) is 0 Å². The van der Waals surface area contributed by atoms with Gasteiger partial charge >= 0.3 is 0 Å². The summed E-state index contributed by atoms with van der Waals surface area (Å²) in [6, 6.07) is 4.29. The largest absolute Gasteiger partial charge is 0.261 e. The van der Waals surface area contributed by atoms with Crippen molar-refractivity contribution < 1.29 is 12.8 Å². The minimum absolute atomic E-state index is 0.0967. The quantitative estimate of drug-likeness (QED) is 0.688. The van der Waals surface area contributed by atoms with Gasteiger partial charge in [-0.3, -0.25) is 0 Å². The maximum Gasteiger partial charge on any atom is 0.261 e. The second-order valence-electron chi connectivity index (χ2n) is 1.89. The van der Waals surface area contributed by atoms with Gasteiger partial charge in [-0.1, -0.05) is 13.8 Å². The van der Waals surface area contributed by atoms with E-state index in [1.807, 2.05) is 13.8 Å². The SMILES string of the molecule is CC.O=S(=O)(Cl)c1ccc(F)cc1. The zero-order valence-electron chi connectivity index (χ0n) is 7.29. The number of hydrogen-bond acceptors (Lipinski definition) is 2. The van der Waals surface area contributed by atoms with E-state index in [1.54, 1.807) is 0 Å². The normalized spacial score (nSPS) is 10.2. The van der Waals surface area contributed by atoms with Crippen LogP contribution in [0.25, 0.3) is 0 Å². The molecule has 0 bridgehead atoms. The second-order valence-corrected chi connectivity index (χ2v) is 4.46. The molecule has 5 heteroatoms. The first-order valence-electron chi connectivity index (χ1n) is 3.70. The molecular weight excluding hydrogens is 215 g/mol. The first-order valence-corrected chi connectivity index (χ1v) is 6.01. The van der Waals surface area contributed by atoms with Gasteiger partial charge in [0.2, 0.25) is 0 Å². The Hall–Kier alpha value is -0.610. The van der Waals surface area contributed by atoms with Crippen LogP contribution in [0.15, 0.2) is 29.2 Å². The van der Waals surface area contributed by atoms with Crippen molar-refractivity contribution in [2.75, 3.05) is 0 Å². The van der Waals surface area contributed by atoms with Gasteiger partial charge in [-0.2, -0.15) is 0 Å². The Morgan fingerprint density at radius 1 is 1.15 bits per heavy atom. The Labute approximate surface area is 81.8 Å². The topological polar surface area (TPSA) is 34.1 Å². The molecule has 0 heterocycles. The molecule has 0 aliphatic carbocycles. The fraction of sp³-hybridized carbons (Fsp3) is 0.250. The summed E-state index contributed by atoms with van der Waals surface area (Å²) in [5.41, 5.74) is 0. The zero-order valence-corrected chi connectivity index (χ0v) is 8.86. The molecule has 0 amide bonds. The second kappa shape index (κ2) is 5.19. The molecule has 1 aromatic rings. The molecule has 0 spiro atoms. The van der Waals surface area contributed by atoms with Crippen molar-refractivity contribution in [3.05, 3.63) is 30.1 Å². The summed E-state index contributed by atoms with van der Waals surface area (Å²) in [6.07, 6.45) is 0. The van der Waals surface area contributed by atoms with Crippen LogP contribution in [0.3, 0.4) is 0 Å². The van der Waals surface area contributed by atoms with E-state index < -0.39 is 14.9 Å². The summed E-state index contributed by atoms with van der Waals surface area (Å²) >= 11 is 0. The molecule has 1 rings (SSSR count). The minimum atomic E-state index is -3.71. The summed E-state index contributed by atoms with van der Waals surface area (Å²) < 4.78 is 33.4. The third-order valence-electron chi connectivity index (χ3n) is 1.10. The standard InChI is InChI=1S/C6H4ClFO2S.C2H6/c7-11(9,10)6-3-1-5(8)2-4-6;1-2/h1-4H;1-2H3. The van der Waals surface area contributed by atoms with Gasteiger partial charge in [0.05, 0.1) is 4.90 Å². The molecule has 0 atom stereocenters. The molecule has 0 saturated carbocycles. The van der Waals surface area contributed by atoms with Crippen LogP contribution in [-0.4, -0.2) is 8.42 Å². The van der Waals surface area contributed by atoms with E-state index in [9.17, 15) is 12.8 Å². The predicted molar refractivity (Wildman–Crippen MR) is 50.8 cm³/mol. The lowest BCUT2D eigenvalue weighted by atomic mass is 10.4. The molecule has 0 N–H and O–H groups in total. The number of benzene rings is 1. The van der Waals surface area contributed by atoms with Gasteiger partial charge < -0.3 is 0 Å². The predicted octanol–water partition coefficient (Wildman–Crippen LogP) is 2.78. The zero-order chi connectivity index (χ0) is 10.5. The first kappa shape index (κ1) is 12.4. The number of rotatable bonds is 1. The minimum Gasteiger partial charge on any atom is -0.207 e. The summed E-state index contributed by atoms with van der Waals surface area (Å²) in [6.45, 7) is 4.00. The Morgan fingerprint density at radius 2 is 1.54 bits per heavy atom. The lowest BCUT2D eigenvalue weighted by molar-refractivity contribution is 0.607. The molecule has 1 aromatic carbocycles. The highest BCUT2D eigenvalue weighted by Gasteiger charge is 2.08. The first-order chi connectivity index (χ1) is 6.00. The van der Waals surface area contributed by atoms with Crippen molar-refractivity contribution in [1.29, 1.82) is 0 Å². The monoisotopic (exact) mass is 224 g/mol. The maximum atomic E-state index is 12.2. The van der Waals surface area contributed by atoms with Crippen LogP contribution < -0.4 is 0 Å². The van der Waals surface area contributed by atoms with Crippen LogP contribution in [0.1, 0.15) is 13.8 Å². The third kappa shape index (κ3) is 4.24. The van der Waals surface area contributed by atoms with Gasteiger partial charge in [0.15, 0.2) is 0 Å². The molecule has 0 aromatic heterocycles. The lowest BCUT2D eigenvalue weighted by Gasteiger charge is -1.93. The lowest BCUT2D eigenvalue weighted by Crippen LogP contribution is -1.89. The molecule has 0 radical (unpaired) electrons. The van der Waals surface area contributed by atoms with Crippen LogP contribution >= 0.6 is 10.7 Å². The van der Waals surface area contributed by atoms with E-state index in [0.717, 1.165) is 24.3 Å². The van der Waals surface area contributed by atoms with E-state index >= 15 is 0 Å². The Bertz CT molecular complexity index is 345. The average Bonchev–Trinajstić information content (AvgIpc) is 2.07. The van der Waals surface area contributed by atoms with Gasteiger partial charge in [0.1, 0.15) is 5.82 Å². The summed E-state index contributed by atoms with van der Waals surface area (Å²) in [7, 11) is 1.25. The Balaban J connectivity index is 0.000000671. The van der Waals surface area contributed by atoms with Gasteiger partial charge in [0, 0.05) is 10.7 Å². The molecule has 0 fully saturated rings. The fourth-order valence-electron chi connectivity index (χ4n) is 0.597. The van der Waals surface area contributed by atoms with E-state index in [2.05, 4.69) is 0 Å². The molecule has 0 saturated heterocycles. The van der Waals surface area contributed by atoms with E-state index in [0.29, 0.717) is 0 Å². The smallest absolute Gasteiger partial charge is 0.207 e. The fourth-order valence-corrected chi connectivity index (χ4v) is 1.37. The van der Waals surface area contributed by atoms with Crippen LogP contribution in [-0.2, 0) is 9.05 Å².